The Hall–Kier alpha value is -0.820. The number of rotatable bonds is 7. The second kappa shape index (κ2) is 5.22. The molecule has 0 aliphatic heterocycles. The lowest BCUT2D eigenvalue weighted by molar-refractivity contribution is -0.175. The third kappa shape index (κ3) is 5.36. The molecule has 17 heavy (non-hydrogen) atoms. The number of hydrogen-bond acceptors (Lipinski definition) is 3. The molecule has 0 saturated heterocycles. The maximum Gasteiger partial charge on any atom is 0.411 e. The lowest BCUT2D eigenvalue weighted by Crippen LogP contribution is -2.54. The van der Waals surface area contributed by atoms with Crippen molar-refractivity contribution in [2.24, 2.45) is 5.73 Å². The predicted octanol–water partition coefficient (Wildman–Crippen LogP) is 0.951. The number of alkyl halides is 3. The van der Waals surface area contributed by atoms with Gasteiger partial charge in [-0.3, -0.25) is 4.79 Å². The molecule has 1 aliphatic rings. The first-order chi connectivity index (χ1) is 7.73. The van der Waals surface area contributed by atoms with Gasteiger partial charge >= 0.3 is 6.18 Å². The zero-order chi connectivity index (χ0) is 13.1. The minimum Gasteiger partial charge on any atom is -0.372 e. The van der Waals surface area contributed by atoms with Gasteiger partial charge in [-0.25, -0.2) is 0 Å². The molecule has 0 aromatic heterocycles. The first kappa shape index (κ1) is 14.2. The Morgan fingerprint density at radius 1 is 1.47 bits per heavy atom. The van der Waals surface area contributed by atoms with Crippen LogP contribution in [0.4, 0.5) is 13.2 Å². The maximum atomic E-state index is 11.8. The lowest BCUT2D eigenvalue weighted by Gasteiger charge is -2.27. The largest absolute Gasteiger partial charge is 0.411 e. The summed E-state index contributed by atoms with van der Waals surface area (Å²) in [6.07, 6.45) is -2.28. The summed E-state index contributed by atoms with van der Waals surface area (Å²) in [6.45, 7) is 0.133. The van der Waals surface area contributed by atoms with Gasteiger partial charge in [-0.2, -0.15) is 13.2 Å². The Morgan fingerprint density at radius 2 is 2.06 bits per heavy atom. The maximum absolute atomic E-state index is 11.8. The third-order valence-electron chi connectivity index (χ3n) is 2.66. The van der Waals surface area contributed by atoms with E-state index < -0.39 is 24.2 Å². The number of primary amides is 1. The average molecular weight is 254 g/mol. The number of carbonyl (C=O) groups excluding carboxylic acids is 1. The van der Waals surface area contributed by atoms with E-state index in [0.717, 1.165) is 12.8 Å². The molecule has 0 spiro atoms. The van der Waals surface area contributed by atoms with Crippen LogP contribution in [0.2, 0.25) is 0 Å². The summed E-state index contributed by atoms with van der Waals surface area (Å²) in [7, 11) is 0. The molecule has 1 saturated carbocycles. The highest BCUT2D eigenvalue weighted by atomic mass is 19.4. The monoisotopic (exact) mass is 254 g/mol. The number of nitrogens with two attached hydrogens (primary N) is 1. The van der Waals surface area contributed by atoms with Crippen LogP contribution >= 0.6 is 0 Å². The number of ether oxygens (including phenoxy) is 1. The Labute approximate surface area is 97.7 Å². The molecule has 1 aliphatic carbocycles. The Bertz CT molecular complexity index is 279. The van der Waals surface area contributed by atoms with Gasteiger partial charge in [0.05, 0.1) is 5.54 Å². The second-order valence-electron chi connectivity index (χ2n) is 4.53. The van der Waals surface area contributed by atoms with Gasteiger partial charge in [0, 0.05) is 12.6 Å². The summed E-state index contributed by atoms with van der Waals surface area (Å²) in [6, 6.07) is 0.245. The fourth-order valence-corrected chi connectivity index (χ4v) is 1.41. The van der Waals surface area contributed by atoms with Gasteiger partial charge in [-0.05, 0) is 26.2 Å². The van der Waals surface area contributed by atoms with Crippen LogP contribution in [-0.4, -0.2) is 36.9 Å². The summed E-state index contributed by atoms with van der Waals surface area (Å²) in [5.74, 6) is -0.569. The van der Waals surface area contributed by atoms with Crippen LogP contribution < -0.4 is 11.1 Å². The van der Waals surface area contributed by atoms with Crippen molar-refractivity contribution in [3.63, 3.8) is 0 Å². The van der Waals surface area contributed by atoms with Crippen molar-refractivity contribution in [2.45, 2.75) is 43.9 Å². The number of hydrogen-bond donors (Lipinski definition) is 2. The molecule has 0 bridgehead atoms. The molecule has 100 valence electrons. The summed E-state index contributed by atoms with van der Waals surface area (Å²) >= 11 is 0. The van der Waals surface area contributed by atoms with Crippen molar-refractivity contribution in [1.82, 2.24) is 5.32 Å². The van der Waals surface area contributed by atoms with Crippen LogP contribution in [0, 0.1) is 0 Å². The van der Waals surface area contributed by atoms with Crippen molar-refractivity contribution in [1.29, 1.82) is 0 Å². The van der Waals surface area contributed by atoms with E-state index in [1.54, 1.807) is 6.92 Å². The van der Waals surface area contributed by atoms with Gasteiger partial charge in [0.25, 0.3) is 0 Å². The van der Waals surface area contributed by atoms with Gasteiger partial charge in [-0.15, -0.1) is 0 Å². The SMILES string of the molecule is CC(CCOCC(F)(F)F)(NC1CC1)C(N)=O. The Morgan fingerprint density at radius 3 is 2.47 bits per heavy atom. The van der Waals surface area contributed by atoms with E-state index in [4.69, 9.17) is 5.73 Å². The molecule has 4 nitrogen and oxygen atoms in total. The highest BCUT2D eigenvalue weighted by molar-refractivity contribution is 5.84. The van der Waals surface area contributed by atoms with E-state index in [-0.39, 0.29) is 19.1 Å². The number of halogens is 3. The van der Waals surface area contributed by atoms with E-state index in [0.29, 0.717) is 0 Å². The summed E-state index contributed by atoms with van der Waals surface area (Å²) < 4.78 is 39.9. The van der Waals surface area contributed by atoms with Crippen molar-refractivity contribution in [2.75, 3.05) is 13.2 Å². The molecule has 0 aromatic carbocycles. The Kier molecular flexibility index (Phi) is 4.37. The molecule has 0 heterocycles. The topological polar surface area (TPSA) is 64.3 Å². The van der Waals surface area contributed by atoms with Gasteiger partial charge in [0.2, 0.25) is 5.91 Å². The van der Waals surface area contributed by atoms with E-state index in [2.05, 4.69) is 10.1 Å². The molecule has 1 unspecified atom stereocenters. The lowest BCUT2D eigenvalue weighted by atomic mass is 9.97. The zero-order valence-corrected chi connectivity index (χ0v) is 9.64. The van der Waals surface area contributed by atoms with Crippen molar-refractivity contribution in [3.05, 3.63) is 0 Å². The van der Waals surface area contributed by atoms with E-state index >= 15 is 0 Å². The molecule has 0 radical (unpaired) electrons. The molecular weight excluding hydrogens is 237 g/mol. The molecule has 7 heteroatoms. The minimum atomic E-state index is -4.34. The van der Waals surface area contributed by atoms with Gasteiger partial charge in [0.1, 0.15) is 6.61 Å². The average Bonchev–Trinajstić information content (AvgIpc) is 2.94. The fraction of sp³-hybridized carbons (Fsp3) is 0.900. The van der Waals surface area contributed by atoms with Crippen molar-refractivity contribution in [3.8, 4) is 0 Å². The van der Waals surface area contributed by atoms with Crippen molar-refractivity contribution >= 4 is 5.91 Å². The van der Waals surface area contributed by atoms with Crippen LogP contribution in [0.5, 0.6) is 0 Å². The van der Waals surface area contributed by atoms with Crippen LogP contribution in [0.15, 0.2) is 0 Å². The normalized spacial score (nSPS) is 20.0. The second-order valence-corrected chi connectivity index (χ2v) is 4.53. The first-order valence-corrected chi connectivity index (χ1v) is 5.45. The third-order valence-corrected chi connectivity index (χ3v) is 2.66. The van der Waals surface area contributed by atoms with Gasteiger partial charge in [-0.1, -0.05) is 0 Å². The molecule has 1 rings (SSSR count). The van der Waals surface area contributed by atoms with Crippen LogP contribution in [0.3, 0.4) is 0 Å². The quantitative estimate of drug-likeness (QED) is 0.665. The molecule has 1 fully saturated rings. The summed E-state index contributed by atoms with van der Waals surface area (Å²) in [5, 5.41) is 3.03. The van der Waals surface area contributed by atoms with Gasteiger partial charge in [0.15, 0.2) is 0 Å². The van der Waals surface area contributed by atoms with Crippen LogP contribution in [0.25, 0.3) is 0 Å². The number of carbonyl (C=O) groups is 1. The van der Waals surface area contributed by atoms with Crippen molar-refractivity contribution < 1.29 is 22.7 Å². The highest BCUT2D eigenvalue weighted by Crippen LogP contribution is 2.24. The summed E-state index contributed by atoms with van der Waals surface area (Å²) in [5.41, 5.74) is 4.24. The smallest absolute Gasteiger partial charge is 0.372 e. The molecular formula is C10H17F3N2O2. The standard InChI is InChI=1S/C10H17F3N2O2/c1-9(8(14)16,15-7-2-3-7)4-5-17-6-10(11,12)13/h7,15H,2-6H2,1H3,(H2,14,16). The van der Waals surface area contributed by atoms with E-state index in [1.165, 1.54) is 0 Å². The number of nitrogens with one attached hydrogen (secondary N) is 1. The van der Waals surface area contributed by atoms with E-state index in [1.807, 2.05) is 0 Å². The number of amides is 1. The van der Waals surface area contributed by atoms with E-state index in [9.17, 15) is 18.0 Å². The summed E-state index contributed by atoms with van der Waals surface area (Å²) in [4.78, 5) is 11.3. The fourth-order valence-electron chi connectivity index (χ4n) is 1.41. The zero-order valence-electron chi connectivity index (χ0n) is 9.64. The van der Waals surface area contributed by atoms with Crippen LogP contribution in [0.1, 0.15) is 26.2 Å². The molecule has 1 atom stereocenters. The first-order valence-electron chi connectivity index (χ1n) is 5.45. The highest BCUT2D eigenvalue weighted by Gasteiger charge is 2.37. The minimum absolute atomic E-state index is 0.134. The molecule has 0 aromatic rings. The van der Waals surface area contributed by atoms with Gasteiger partial charge < -0.3 is 15.8 Å². The predicted molar refractivity (Wildman–Crippen MR) is 55.2 cm³/mol. The Balaban J connectivity index is 2.31. The van der Waals surface area contributed by atoms with Crippen LogP contribution in [-0.2, 0) is 9.53 Å². The molecule has 3 N–H and O–H groups in total. The molecule has 1 amide bonds.